The molecule has 2 aliphatic rings. The number of alkyl halides is 1. The molecule has 0 saturated carbocycles. The fourth-order valence-corrected chi connectivity index (χ4v) is 3.57. The monoisotopic (exact) mass is 488 g/mol. The van der Waals surface area contributed by atoms with Crippen LogP contribution < -0.4 is 10.6 Å². The van der Waals surface area contributed by atoms with E-state index in [2.05, 4.69) is 49.2 Å². The summed E-state index contributed by atoms with van der Waals surface area (Å²) in [7, 11) is 0. The first-order valence-corrected chi connectivity index (χ1v) is 9.27. The summed E-state index contributed by atoms with van der Waals surface area (Å²) in [5.41, 5.74) is 0.424. The lowest BCUT2D eigenvalue weighted by atomic mass is 9.91. The average molecular weight is 489 g/mol. The Morgan fingerprint density at radius 3 is 2.70 bits per heavy atom. The van der Waals surface area contributed by atoms with Crippen LogP contribution in [0, 0.1) is 3.57 Å². The number of rotatable bonds is 3. The highest BCUT2D eigenvalue weighted by Crippen LogP contribution is 2.37. The number of nitrogens with one attached hydrogen (secondary N) is 2. The van der Waals surface area contributed by atoms with Crippen molar-refractivity contribution in [2.24, 2.45) is 0 Å². The molecule has 2 N–H and O–H groups in total. The van der Waals surface area contributed by atoms with Crippen LogP contribution in [-0.4, -0.2) is 16.5 Å². The molecule has 0 amide bonds. The van der Waals surface area contributed by atoms with Gasteiger partial charge in [0.05, 0.1) is 0 Å². The van der Waals surface area contributed by atoms with Gasteiger partial charge in [0.25, 0.3) is 0 Å². The lowest BCUT2D eigenvalue weighted by Gasteiger charge is -2.28. The van der Waals surface area contributed by atoms with E-state index in [1.165, 1.54) is 0 Å². The minimum Gasteiger partial charge on any atom is -0.453 e. The van der Waals surface area contributed by atoms with E-state index < -0.39 is 5.60 Å². The smallest absolute Gasteiger partial charge is 0.329 e. The maximum Gasteiger partial charge on any atom is 0.329 e. The third kappa shape index (κ3) is 3.74. The van der Waals surface area contributed by atoms with Gasteiger partial charge in [0.1, 0.15) is 21.9 Å². The molecular formula is C17H18BrIN2O2. The predicted molar refractivity (Wildman–Crippen MR) is 102 cm³/mol. The van der Waals surface area contributed by atoms with E-state index >= 15 is 0 Å². The Hall–Kier alpha value is -1.02. The minimum atomic E-state index is -0.595. The molecule has 3 rings (SSSR count). The number of carbonyl (C=O) groups is 1. The number of hydrogen-bond acceptors (Lipinski definition) is 4. The molecule has 0 aromatic heterocycles. The van der Waals surface area contributed by atoms with Crippen molar-refractivity contribution in [2.45, 2.75) is 36.4 Å². The standard InChI is InChI=1S/C17H18BrIN2O2/c1-16(11-5-7-12(19)8-6-11)10-13(15(22)23-16)20-14-4-3-9-17(2,18)21-14/h3-9,13,20-21H,10H2,1-2H3. The Morgan fingerprint density at radius 2 is 2.04 bits per heavy atom. The molecule has 6 heteroatoms. The highest BCUT2D eigenvalue weighted by molar-refractivity contribution is 14.1. The minimum absolute atomic E-state index is 0.223. The third-order valence-electron chi connectivity index (χ3n) is 4.04. The van der Waals surface area contributed by atoms with E-state index in [-0.39, 0.29) is 16.5 Å². The Bertz CT molecular complexity index is 684. The van der Waals surface area contributed by atoms with E-state index in [0.717, 1.165) is 15.0 Å². The Balaban J connectivity index is 1.74. The molecule has 0 bridgehead atoms. The number of esters is 1. The largest absolute Gasteiger partial charge is 0.453 e. The number of carbonyl (C=O) groups excluding carboxylic acids is 1. The molecule has 1 fully saturated rings. The summed E-state index contributed by atoms with van der Waals surface area (Å²) >= 11 is 5.83. The van der Waals surface area contributed by atoms with Gasteiger partial charge in [-0.3, -0.25) is 0 Å². The van der Waals surface area contributed by atoms with Crippen LogP contribution in [0.4, 0.5) is 0 Å². The fourth-order valence-electron chi connectivity index (χ4n) is 2.84. The van der Waals surface area contributed by atoms with Crippen LogP contribution in [0.25, 0.3) is 0 Å². The molecule has 2 aliphatic heterocycles. The van der Waals surface area contributed by atoms with Crippen molar-refractivity contribution in [1.29, 1.82) is 0 Å². The molecule has 0 radical (unpaired) electrons. The molecular weight excluding hydrogens is 471 g/mol. The van der Waals surface area contributed by atoms with Gasteiger partial charge >= 0.3 is 5.97 Å². The van der Waals surface area contributed by atoms with Crippen molar-refractivity contribution >= 4 is 44.5 Å². The molecule has 4 nitrogen and oxygen atoms in total. The SMILES string of the molecule is CC1(Br)C=CC=C(NC2CC(C)(c3ccc(I)cc3)OC2=O)N1. The molecule has 0 aliphatic carbocycles. The van der Waals surface area contributed by atoms with Gasteiger partial charge in [-0.25, -0.2) is 4.79 Å². The number of benzene rings is 1. The highest BCUT2D eigenvalue weighted by atomic mass is 127. The number of cyclic esters (lactones) is 1. The summed E-state index contributed by atoms with van der Waals surface area (Å²) < 4.78 is 6.54. The van der Waals surface area contributed by atoms with Gasteiger partial charge in [0.2, 0.25) is 0 Å². The summed E-state index contributed by atoms with van der Waals surface area (Å²) in [6, 6.07) is 7.74. The highest BCUT2D eigenvalue weighted by Gasteiger charge is 2.45. The molecule has 23 heavy (non-hydrogen) atoms. The van der Waals surface area contributed by atoms with Gasteiger partial charge in [-0.2, -0.15) is 0 Å². The van der Waals surface area contributed by atoms with Gasteiger partial charge in [0, 0.05) is 9.99 Å². The van der Waals surface area contributed by atoms with Gasteiger partial charge in [-0.15, -0.1) is 0 Å². The van der Waals surface area contributed by atoms with Gasteiger partial charge < -0.3 is 15.4 Å². The second-order valence-electron chi connectivity index (χ2n) is 6.20. The Morgan fingerprint density at radius 1 is 1.35 bits per heavy atom. The van der Waals surface area contributed by atoms with Crippen LogP contribution in [0.1, 0.15) is 25.8 Å². The number of allylic oxidation sites excluding steroid dienone is 2. The van der Waals surface area contributed by atoms with Crippen LogP contribution in [0.2, 0.25) is 0 Å². The lowest BCUT2D eigenvalue weighted by molar-refractivity contribution is -0.149. The molecule has 3 unspecified atom stereocenters. The third-order valence-corrected chi connectivity index (χ3v) is 5.22. The molecule has 122 valence electrons. The summed E-state index contributed by atoms with van der Waals surface area (Å²) in [6.45, 7) is 3.97. The predicted octanol–water partition coefficient (Wildman–Crippen LogP) is 3.52. The second kappa shape index (κ2) is 6.12. The zero-order valence-corrected chi connectivity index (χ0v) is 16.6. The topological polar surface area (TPSA) is 50.4 Å². The van der Waals surface area contributed by atoms with E-state index in [9.17, 15) is 4.79 Å². The molecule has 1 saturated heterocycles. The van der Waals surface area contributed by atoms with Crippen molar-refractivity contribution < 1.29 is 9.53 Å². The second-order valence-corrected chi connectivity index (χ2v) is 9.09. The first-order chi connectivity index (χ1) is 10.8. The Labute approximate surface area is 158 Å². The van der Waals surface area contributed by atoms with Crippen molar-refractivity contribution in [2.75, 3.05) is 0 Å². The van der Waals surface area contributed by atoms with Crippen molar-refractivity contribution in [3.63, 3.8) is 0 Å². The van der Waals surface area contributed by atoms with Gasteiger partial charge in [-0.05, 0) is 66.3 Å². The molecule has 1 aromatic carbocycles. The molecule has 0 spiro atoms. The zero-order valence-electron chi connectivity index (χ0n) is 12.9. The molecule has 1 aromatic rings. The van der Waals surface area contributed by atoms with Gasteiger partial charge in [-0.1, -0.05) is 34.1 Å². The maximum absolute atomic E-state index is 12.3. The van der Waals surface area contributed by atoms with Gasteiger partial charge in [0.15, 0.2) is 0 Å². The number of ether oxygens (including phenoxy) is 1. The van der Waals surface area contributed by atoms with Crippen molar-refractivity contribution in [3.8, 4) is 0 Å². The number of dihydropyridines is 1. The quantitative estimate of drug-likeness (QED) is 0.296. The van der Waals surface area contributed by atoms with E-state index in [0.29, 0.717) is 6.42 Å². The van der Waals surface area contributed by atoms with E-state index in [1.807, 2.05) is 56.3 Å². The first-order valence-electron chi connectivity index (χ1n) is 7.39. The average Bonchev–Trinajstić information content (AvgIpc) is 2.74. The zero-order chi connectivity index (χ0) is 16.7. The molecule has 2 heterocycles. The van der Waals surface area contributed by atoms with E-state index in [4.69, 9.17) is 4.74 Å². The first kappa shape index (κ1) is 16.8. The number of hydrogen-bond donors (Lipinski definition) is 2. The normalized spacial score (nSPS) is 33.0. The van der Waals surface area contributed by atoms with Crippen LogP contribution >= 0.6 is 38.5 Å². The van der Waals surface area contributed by atoms with Crippen LogP contribution in [0.3, 0.4) is 0 Å². The molecule has 3 atom stereocenters. The van der Waals surface area contributed by atoms with Crippen molar-refractivity contribution in [1.82, 2.24) is 10.6 Å². The fraction of sp³-hybridized carbons (Fsp3) is 0.353. The van der Waals surface area contributed by atoms with E-state index in [1.54, 1.807) is 0 Å². The van der Waals surface area contributed by atoms with Crippen LogP contribution in [0.5, 0.6) is 0 Å². The van der Waals surface area contributed by atoms with Crippen molar-refractivity contribution in [3.05, 3.63) is 57.4 Å². The summed E-state index contributed by atoms with van der Waals surface area (Å²) in [6.07, 6.45) is 6.46. The summed E-state index contributed by atoms with van der Waals surface area (Å²) in [5, 5.41) is 6.54. The van der Waals surface area contributed by atoms with Crippen LogP contribution in [-0.2, 0) is 15.1 Å². The van der Waals surface area contributed by atoms with Crippen LogP contribution in [0.15, 0.2) is 48.3 Å². The number of halogens is 2. The summed E-state index contributed by atoms with van der Waals surface area (Å²) in [4.78, 5) is 12.3. The summed E-state index contributed by atoms with van der Waals surface area (Å²) in [5.74, 6) is 0.584. The lowest BCUT2D eigenvalue weighted by Crippen LogP contribution is -2.45. The maximum atomic E-state index is 12.3. The Kier molecular flexibility index (Phi) is 4.48.